The Balaban J connectivity index is 1.97. The number of carbonyl (C=O) groups excluding carboxylic acids is 1. The second kappa shape index (κ2) is 7.75. The fourth-order valence-corrected chi connectivity index (χ4v) is 2.66. The fraction of sp³-hybridized carbons (Fsp3) is 0.550. The second-order valence-corrected chi connectivity index (χ2v) is 7.55. The number of hydrogen-bond acceptors (Lipinski definition) is 4. The van der Waals surface area contributed by atoms with Crippen LogP contribution in [0.1, 0.15) is 59.4 Å². The van der Waals surface area contributed by atoms with Crippen molar-refractivity contribution >= 4 is 18.6 Å². The molecular weight excluding hydrogens is 315 g/mol. The summed E-state index contributed by atoms with van der Waals surface area (Å²) in [6.07, 6.45) is 4.15. The zero-order valence-electron chi connectivity index (χ0n) is 16.2. The van der Waals surface area contributed by atoms with E-state index in [0.717, 1.165) is 11.9 Å². The second-order valence-electron chi connectivity index (χ2n) is 7.55. The summed E-state index contributed by atoms with van der Waals surface area (Å²) in [5.74, 6) is 0.0313. The van der Waals surface area contributed by atoms with E-state index < -0.39 is 0 Å². The highest BCUT2D eigenvalue weighted by Crippen LogP contribution is 2.36. The molecule has 0 spiro atoms. The van der Waals surface area contributed by atoms with E-state index in [4.69, 9.17) is 14.0 Å². The van der Waals surface area contributed by atoms with Crippen molar-refractivity contribution in [2.45, 2.75) is 65.1 Å². The van der Waals surface area contributed by atoms with Gasteiger partial charge in [0.25, 0.3) is 0 Å². The summed E-state index contributed by atoms with van der Waals surface area (Å²) < 4.78 is 17.0. The maximum atomic E-state index is 11.3. The van der Waals surface area contributed by atoms with E-state index >= 15 is 0 Å². The summed E-state index contributed by atoms with van der Waals surface area (Å²) >= 11 is 0. The van der Waals surface area contributed by atoms with Gasteiger partial charge in [-0.05, 0) is 58.0 Å². The van der Waals surface area contributed by atoms with Crippen molar-refractivity contribution in [3.05, 3.63) is 42.0 Å². The SMILES string of the molecule is CCOC(=O)/C=C/CC(C)c1ccc(B2OC(C)(C)C(C)(C)O2)cc1. The summed E-state index contributed by atoms with van der Waals surface area (Å²) in [6, 6.07) is 8.32. The molecule has 0 aliphatic carbocycles. The van der Waals surface area contributed by atoms with Crippen molar-refractivity contribution < 1.29 is 18.8 Å². The van der Waals surface area contributed by atoms with Crippen LogP contribution in [0, 0.1) is 0 Å². The van der Waals surface area contributed by atoms with E-state index in [1.54, 1.807) is 6.92 Å². The maximum Gasteiger partial charge on any atom is 0.494 e. The average Bonchev–Trinajstić information content (AvgIpc) is 2.76. The van der Waals surface area contributed by atoms with Gasteiger partial charge in [-0.2, -0.15) is 0 Å². The van der Waals surface area contributed by atoms with Crippen LogP contribution >= 0.6 is 0 Å². The molecule has 0 amide bonds. The Kier molecular flexibility index (Phi) is 6.12. The van der Waals surface area contributed by atoms with Gasteiger partial charge >= 0.3 is 13.1 Å². The first-order valence-electron chi connectivity index (χ1n) is 8.95. The van der Waals surface area contributed by atoms with Gasteiger partial charge in [-0.25, -0.2) is 4.79 Å². The van der Waals surface area contributed by atoms with E-state index in [1.165, 1.54) is 11.6 Å². The van der Waals surface area contributed by atoms with E-state index in [0.29, 0.717) is 12.5 Å². The van der Waals surface area contributed by atoms with Crippen molar-refractivity contribution in [3.63, 3.8) is 0 Å². The smallest absolute Gasteiger partial charge is 0.463 e. The van der Waals surface area contributed by atoms with Crippen LogP contribution in [0.2, 0.25) is 0 Å². The molecule has 0 bridgehead atoms. The largest absolute Gasteiger partial charge is 0.494 e. The lowest BCUT2D eigenvalue weighted by Gasteiger charge is -2.32. The summed E-state index contributed by atoms with van der Waals surface area (Å²) in [5.41, 5.74) is 1.58. The van der Waals surface area contributed by atoms with Crippen LogP contribution in [0.25, 0.3) is 0 Å². The van der Waals surface area contributed by atoms with E-state index in [-0.39, 0.29) is 24.3 Å². The van der Waals surface area contributed by atoms with E-state index in [9.17, 15) is 4.79 Å². The molecule has 2 rings (SSSR count). The van der Waals surface area contributed by atoms with Crippen LogP contribution in [0.15, 0.2) is 36.4 Å². The van der Waals surface area contributed by atoms with E-state index in [2.05, 4.69) is 58.9 Å². The first kappa shape index (κ1) is 19.7. The minimum absolute atomic E-state index is 0.286. The lowest BCUT2D eigenvalue weighted by molar-refractivity contribution is -0.137. The number of esters is 1. The van der Waals surface area contributed by atoms with E-state index in [1.807, 2.05) is 6.08 Å². The van der Waals surface area contributed by atoms with Crippen LogP contribution in [0.5, 0.6) is 0 Å². The number of benzene rings is 1. The van der Waals surface area contributed by atoms with Crippen LogP contribution in [-0.4, -0.2) is 30.9 Å². The van der Waals surface area contributed by atoms with Crippen molar-refractivity contribution in [1.82, 2.24) is 0 Å². The lowest BCUT2D eigenvalue weighted by Crippen LogP contribution is -2.41. The molecule has 1 aliphatic heterocycles. The summed E-state index contributed by atoms with van der Waals surface area (Å²) in [4.78, 5) is 11.3. The third-order valence-electron chi connectivity index (χ3n) is 5.06. The Labute approximate surface area is 151 Å². The molecule has 4 nitrogen and oxygen atoms in total. The van der Waals surface area contributed by atoms with Crippen molar-refractivity contribution in [3.8, 4) is 0 Å². The van der Waals surface area contributed by atoms with Gasteiger partial charge in [0.2, 0.25) is 0 Å². The number of allylic oxidation sites excluding steroid dienone is 1. The molecule has 25 heavy (non-hydrogen) atoms. The minimum atomic E-state index is -0.335. The van der Waals surface area contributed by atoms with Crippen LogP contribution < -0.4 is 5.46 Å². The summed E-state index contributed by atoms with van der Waals surface area (Å²) in [7, 11) is -0.335. The van der Waals surface area contributed by atoms with Crippen LogP contribution in [-0.2, 0) is 18.8 Å². The van der Waals surface area contributed by atoms with Gasteiger partial charge in [0.15, 0.2) is 0 Å². The third kappa shape index (κ3) is 4.74. The first-order valence-corrected chi connectivity index (χ1v) is 8.95. The molecule has 1 fully saturated rings. The summed E-state index contributed by atoms with van der Waals surface area (Å²) in [5, 5.41) is 0. The average molecular weight is 344 g/mol. The molecular formula is C20H29BO4. The van der Waals surface area contributed by atoms with Crippen molar-refractivity contribution in [1.29, 1.82) is 0 Å². The molecule has 5 heteroatoms. The third-order valence-corrected chi connectivity index (χ3v) is 5.06. The highest BCUT2D eigenvalue weighted by Gasteiger charge is 2.51. The number of ether oxygens (including phenoxy) is 1. The minimum Gasteiger partial charge on any atom is -0.463 e. The predicted octanol–water partition coefficient (Wildman–Crippen LogP) is 3.60. The molecule has 0 N–H and O–H groups in total. The first-order chi connectivity index (χ1) is 11.7. The van der Waals surface area contributed by atoms with Gasteiger partial charge in [-0.1, -0.05) is 37.3 Å². The number of hydrogen-bond donors (Lipinski definition) is 0. The molecule has 1 aliphatic rings. The highest BCUT2D eigenvalue weighted by atomic mass is 16.7. The number of carbonyl (C=O) groups is 1. The molecule has 1 heterocycles. The van der Waals surface area contributed by atoms with Gasteiger partial charge in [-0.3, -0.25) is 0 Å². The molecule has 1 atom stereocenters. The molecule has 1 saturated heterocycles. The van der Waals surface area contributed by atoms with Gasteiger partial charge in [0.05, 0.1) is 17.8 Å². The Hall–Kier alpha value is -1.59. The molecule has 1 aromatic carbocycles. The van der Waals surface area contributed by atoms with Gasteiger partial charge in [-0.15, -0.1) is 0 Å². The standard InChI is InChI=1S/C20H29BO4/c1-7-23-18(22)10-8-9-15(2)16-11-13-17(14-12-16)21-24-19(3,4)20(5,6)25-21/h8,10-15H,7,9H2,1-6H3/b10-8+. The predicted molar refractivity (Wildman–Crippen MR) is 101 cm³/mol. The normalized spacial score (nSPS) is 20.0. The summed E-state index contributed by atoms with van der Waals surface area (Å²) in [6.45, 7) is 12.6. The molecule has 0 aromatic heterocycles. The molecule has 136 valence electrons. The van der Waals surface area contributed by atoms with Crippen molar-refractivity contribution in [2.24, 2.45) is 0 Å². The fourth-order valence-electron chi connectivity index (χ4n) is 2.66. The number of rotatable bonds is 6. The van der Waals surface area contributed by atoms with Gasteiger partial charge in [0, 0.05) is 6.08 Å². The highest BCUT2D eigenvalue weighted by molar-refractivity contribution is 6.62. The molecule has 1 aromatic rings. The van der Waals surface area contributed by atoms with Gasteiger partial charge < -0.3 is 14.0 Å². The molecule has 0 saturated carbocycles. The van der Waals surface area contributed by atoms with Crippen LogP contribution in [0.3, 0.4) is 0 Å². The Bertz CT molecular complexity index is 603. The molecule has 0 radical (unpaired) electrons. The monoisotopic (exact) mass is 344 g/mol. The van der Waals surface area contributed by atoms with Crippen molar-refractivity contribution in [2.75, 3.05) is 6.61 Å². The van der Waals surface area contributed by atoms with Gasteiger partial charge in [0.1, 0.15) is 0 Å². The zero-order chi connectivity index (χ0) is 18.7. The Morgan fingerprint density at radius 1 is 1.16 bits per heavy atom. The van der Waals surface area contributed by atoms with Crippen LogP contribution in [0.4, 0.5) is 0 Å². The topological polar surface area (TPSA) is 44.8 Å². The Morgan fingerprint density at radius 2 is 1.72 bits per heavy atom. The zero-order valence-corrected chi connectivity index (χ0v) is 16.2. The lowest BCUT2D eigenvalue weighted by atomic mass is 9.78. The quantitative estimate of drug-likeness (QED) is 0.449. The molecule has 1 unspecified atom stereocenters. The Morgan fingerprint density at radius 3 is 2.24 bits per heavy atom. The maximum absolute atomic E-state index is 11.3.